The normalized spacial score (nSPS) is 32.7. The fraction of sp³-hybridized carbons (Fsp3) is 0.667. The smallest absolute Gasteiger partial charge is 0.0593 e. The van der Waals surface area contributed by atoms with Crippen molar-refractivity contribution >= 4 is 5.69 Å². The predicted octanol–water partition coefficient (Wildman–Crippen LogP) is 2.82. The molecule has 1 aromatic carbocycles. The van der Waals surface area contributed by atoms with Crippen LogP contribution in [0.2, 0.25) is 0 Å². The first kappa shape index (κ1) is 13.6. The molecular weight excluding hydrogens is 260 g/mol. The number of fused-ring (bicyclic) bond motifs is 3. The van der Waals surface area contributed by atoms with E-state index in [1.54, 1.807) is 0 Å². The minimum Gasteiger partial charge on any atom is -0.395 e. The van der Waals surface area contributed by atoms with Crippen molar-refractivity contribution in [1.82, 2.24) is 4.90 Å². The summed E-state index contributed by atoms with van der Waals surface area (Å²) in [4.78, 5) is 2.59. The summed E-state index contributed by atoms with van der Waals surface area (Å²) in [6, 6.07) is 9.54. The zero-order valence-corrected chi connectivity index (χ0v) is 12.7. The molecule has 2 N–H and O–H groups in total. The number of anilines is 1. The van der Waals surface area contributed by atoms with Gasteiger partial charge in [-0.15, -0.1) is 0 Å². The molecule has 114 valence electrons. The molecule has 0 aromatic heterocycles. The Bertz CT molecular complexity index is 498. The Balaban J connectivity index is 1.51. The van der Waals surface area contributed by atoms with Crippen molar-refractivity contribution in [3.8, 4) is 0 Å². The zero-order valence-electron chi connectivity index (χ0n) is 12.7. The molecule has 3 aliphatic rings. The van der Waals surface area contributed by atoms with Gasteiger partial charge in [-0.1, -0.05) is 37.5 Å². The third kappa shape index (κ3) is 2.27. The number of aliphatic hydroxyl groups excluding tert-OH is 1. The van der Waals surface area contributed by atoms with Crippen molar-refractivity contribution in [3.05, 3.63) is 29.8 Å². The van der Waals surface area contributed by atoms with Gasteiger partial charge in [-0.25, -0.2) is 0 Å². The van der Waals surface area contributed by atoms with Crippen molar-refractivity contribution in [1.29, 1.82) is 0 Å². The third-order valence-electron chi connectivity index (χ3n) is 5.88. The van der Waals surface area contributed by atoms with E-state index in [1.165, 1.54) is 49.9 Å². The van der Waals surface area contributed by atoms with Crippen LogP contribution in [0.15, 0.2) is 24.3 Å². The van der Waals surface area contributed by atoms with Crippen LogP contribution in [0, 0.1) is 5.92 Å². The topological polar surface area (TPSA) is 35.5 Å². The molecule has 1 saturated carbocycles. The van der Waals surface area contributed by atoms with E-state index in [9.17, 15) is 5.11 Å². The van der Waals surface area contributed by atoms with Gasteiger partial charge in [0.15, 0.2) is 0 Å². The van der Waals surface area contributed by atoms with E-state index >= 15 is 0 Å². The summed E-state index contributed by atoms with van der Waals surface area (Å²) < 4.78 is 0. The molecular formula is C18H26N2O. The van der Waals surface area contributed by atoms with E-state index in [1.807, 2.05) is 0 Å². The average molecular weight is 286 g/mol. The number of benzene rings is 1. The minimum absolute atomic E-state index is 0.294. The van der Waals surface area contributed by atoms with Gasteiger partial charge in [0.25, 0.3) is 0 Å². The minimum atomic E-state index is 0.294. The maximum Gasteiger partial charge on any atom is 0.0593 e. The highest BCUT2D eigenvalue weighted by molar-refractivity contribution is 5.57. The fourth-order valence-corrected chi connectivity index (χ4v) is 4.79. The summed E-state index contributed by atoms with van der Waals surface area (Å²) in [5.41, 5.74) is 2.68. The molecule has 0 unspecified atom stereocenters. The van der Waals surface area contributed by atoms with E-state index in [-0.39, 0.29) is 0 Å². The lowest BCUT2D eigenvalue weighted by Crippen LogP contribution is -2.68. The number of rotatable bonds is 3. The highest BCUT2D eigenvalue weighted by Crippen LogP contribution is 2.46. The molecule has 1 saturated heterocycles. The summed E-state index contributed by atoms with van der Waals surface area (Å²) >= 11 is 0. The highest BCUT2D eigenvalue weighted by atomic mass is 16.3. The van der Waals surface area contributed by atoms with Gasteiger partial charge >= 0.3 is 0 Å². The summed E-state index contributed by atoms with van der Waals surface area (Å²) in [6.07, 6.45) is 6.99. The van der Waals surface area contributed by atoms with Crippen molar-refractivity contribution in [2.75, 3.05) is 25.0 Å². The second kappa shape index (κ2) is 5.62. The summed E-state index contributed by atoms with van der Waals surface area (Å²) in [6.45, 7) is 2.52. The fourth-order valence-electron chi connectivity index (χ4n) is 4.79. The lowest BCUT2D eigenvalue weighted by Gasteiger charge is -2.58. The van der Waals surface area contributed by atoms with E-state index < -0.39 is 0 Å². The third-order valence-corrected chi connectivity index (χ3v) is 5.88. The Morgan fingerprint density at radius 1 is 1.14 bits per heavy atom. The van der Waals surface area contributed by atoms with E-state index in [2.05, 4.69) is 34.5 Å². The molecule has 1 aromatic rings. The number of nitrogens with one attached hydrogen (secondary N) is 1. The van der Waals surface area contributed by atoms with Crippen molar-refractivity contribution in [3.63, 3.8) is 0 Å². The van der Waals surface area contributed by atoms with Crippen LogP contribution in [0.1, 0.15) is 43.6 Å². The maximum absolute atomic E-state index is 9.89. The van der Waals surface area contributed by atoms with E-state index in [0.717, 1.165) is 12.5 Å². The molecule has 3 heteroatoms. The number of para-hydroxylation sites is 1. The molecule has 0 radical (unpaired) electrons. The number of likely N-dealkylation sites (tertiary alicyclic amines) is 1. The quantitative estimate of drug-likeness (QED) is 0.897. The van der Waals surface area contributed by atoms with Gasteiger partial charge in [0.05, 0.1) is 6.61 Å². The van der Waals surface area contributed by atoms with Crippen LogP contribution in [0.5, 0.6) is 0 Å². The second-order valence-corrected chi connectivity index (χ2v) is 7.01. The van der Waals surface area contributed by atoms with Crippen LogP contribution in [-0.2, 0) is 0 Å². The van der Waals surface area contributed by atoms with Crippen LogP contribution in [-0.4, -0.2) is 41.8 Å². The Labute approximate surface area is 127 Å². The molecule has 2 heterocycles. The summed E-state index contributed by atoms with van der Waals surface area (Å²) in [5, 5.41) is 13.5. The average Bonchev–Trinajstić information content (AvgIpc) is 2.54. The van der Waals surface area contributed by atoms with Crippen molar-refractivity contribution in [2.24, 2.45) is 5.92 Å². The Morgan fingerprint density at radius 2 is 1.95 bits per heavy atom. The first-order chi connectivity index (χ1) is 10.4. The van der Waals surface area contributed by atoms with Gasteiger partial charge in [-0.2, -0.15) is 0 Å². The molecule has 2 fully saturated rings. The molecule has 21 heavy (non-hydrogen) atoms. The molecule has 3 nitrogen and oxygen atoms in total. The first-order valence-corrected chi connectivity index (χ1v) is 8.58. The lowest BCUT2D eigenvalue weighted by molar-refractivity contribution is -0.0519. The van der Waals surface area contributed by atoms with Gasteiger partial charge in [-0.3, -0.25) is 4.90 Å². The van der Waals surface area contributed by atoms with E-state index in [4.69, 9.17) is 0 Å². The van der Waals surface area contributed by atoms with Crippen LogP contribution in [0.25, 0.3) is 0 Å². The SMILES string of the molecule is OC[C@@H]1[C@@H]2c3ccccc3NC[C@@H]2N1CC1CCCCC1. The Hall–Kier alpha value is -1.06. The lowest BCUT2D eigenvalue weighted by atomic mass is 9.71. The molecule has 3 atom stereocenters. The molecule has 2 aliphatic heterocycles. The van der Waals surface area contributed by atoms with Crippen LogP contribution < -0.4 is 5.32 Å². The summed E-state index contributed by atoms with van der Waals surface area (Å²) in [7, 11) is 0. The first-order valence-electron chi connectivity index (χ1n) is 8.58. The predicted molar refractivity (Wildman–Crippen MR) is 85.6 cm³/mol. The van der Waals surface area contributed by atoms with E-state index in [0.29, 0.717) is 24.6 Å². The van der Waals surface area contributed by atoms with Gasteiger partial charge in [-0.05, 0) is 30.4 Å². The Kier molecular flexibility index (Phi) is 3.64. The number of hydrogen-bond acceptors (Lipinski definition) is 3. The van der Waals surface area contributed by atoms with Gasteiger partial charge in [0.1, 0.15) is 0 Å². The molecule has 0 spiro atoms. The summed E-state index contributed by atoms with van der Waals surface area (Å²) in [5.74, 6) is 1.38. The van der Waals surface area contributed by atoms with Crippen LogP contribution in [0.4, 0.5) is 5.69 Å². The number of aliphatic hydroxyl groups is 1. The largest absolute Gasteiger partial charge is 0.395 e. The molecule has 1 aliphatic carbocycles. The maximum atomic E-state index is 9.89. The van der Waals surface area contributed by atoms with Crippen LogP contribution >= 0.6 is 0 Å². The van der Waals surface area contributed by atoms with Gasteiger partial charge in [0, 0.05) is 36.8 Å². The van der Waals surface area contributed by atoms with Crippen molar-refractivity contribution < 1.29 is 5.11 Å². The second-order valence-electron chi connectivity index (χ2n) is 7.01. The standard InChI is InChI=1S/C18H26N2O/c21-12-17-18-14-8-4-5-9-15(14)19-10-16(18)20(17)11-13-6-2-1-3-7-13/h4-5,8-9,13,16-19,21H,1-3,6-7,10-12H2/t16-,17+,18+/m0/s1. The number of nitrogens with zero attached hydrogens (tertiary/aromatic N) is 1. The van der Waals surface area contributed by atoms with Crippen LogP contribution in [0.3, 0.4) is 0 Å². The molecule has 4 rings (SSSR count). The van der Waals surface area contributed by atoms with Gasteiger partial charge in [0.2, 0.25) is 0 Å². The molecule has 0 amide bonds. The Morgan fingerprint density at radius 3 is 2.76 bits per heavy atom. The van der Waals surface area contributed by atoms with Gasteiger partial charge < -0.3 is 10.4 Å². The number of hydrogen-bond donors (Lipinski definition) is 2. The van der Waals surface area contributed by atoms with Crippen molar-refractivity contribution in [2.45, 2.75) is 50.1 Å². The monoisotopic (exact) mass is 286 g/mol. The zero-order chi connectivity index (χ0) is 14.2. The highest BCUT2D eigenvalue weighted by Gasteiger charge is 2.51. The molecule has 0 bridgehead atoms.